The SMILES string of the molecule is COC(=O)c1ccc(NC2CCNCC2)cc1C#CCN. The van der Waals surface area contributed by atoms with Crippen molar-refractivity contribution in [2.75, 3.05) is 32.1 Å². The highest BCUT2D eigenvalue weighted by Gasteiger charge is 2.15. The molecule has 1 fully saturated rings. The molecule has 0 unspecified atom stereocenters. The minimum atomic E-state index is -0.385. The van der Waals surface area contributed by atoms with Crippen LogP contribution in [0.2, 0.25) is 0 Å². The molecular weight excluding hydrogens is 266 g/mol. The lowest BCUT2D eigenvalue weighted by atomic mass is 10.0. The Morgan fingerprint density at radius 2 is 2.24 bits per heavy atom. The Morgan fingerprint density at radius 1 is 1.48 bits per heavy atom. The zero-order chi connectivity index (χ0) is 15.1. The Bertz CT molecular complexity index is 554. The number of piperidine rings is 1. The Hall–Kier alpha value is -2.03. The number of hydrogen-bond acceptors (Lipinski definition) is 5. The minimum absolute atomic E-state index is 0.257. The molecule has 1 saturated heterocycles. The first kappa shape index (κ1) is 15.4. The molecular formula is C16H21N3O2. The van der Waals surface area contributed by atoms with Crippen LogP contribution >= 0.6 is 0 Å². The van der Waals surface area contributed by atoms with E-state index in [0.717, 1.165) is 31.6 Å². The number of ether oxygens (including phenoxy) is 1. The zero-order valence-corrected chi connectivity index (χ0v) is 12.2. The summed E-state index contributed by atoms with van der Waals surface area (Å²) in [6, 6.07) is 5.97. The van der Waals surface area contributed by atoms with Crippen molar-refractivity contribution in [3.05, 3.63) is 29.3 Å². The average Bonchev–Trinajstić information content (AvgIpc) is 2.53. The molecule has 1 heterocycles. The van der Waals surface area contributed by atoms with E-state index in [-0.39, 0.29) is 12.5 Å². The highest BCUT2D eigenvalue weighted by atomic mass is 16.5. The van der Waals surface area contributed by atoms with Gasteiger partial charge in [-0.15, -0.1) is 0 Å². The Labute approximate surface area is 125 Å². The Morgan fingerprint density at radius 3 is 2.90 bits per heavy atom. The molecule has 1 aliphatic rings. The number of hydrogen-bond donors (Lipinski definition) is 3. The van der Waals surface area contributed by atoms with Gasteiger partial charge in [0.2, 0.25) is 0 Å². The molecule has 0 amide bonds. The van der Waals surface area contributed by atoms with Crippen LogP contribution < -0.4 is 16.4 Å². The summed E-state index contributed by atoms with van der Waals surface area (Å²) >= 11 is 0. The van der Waals surface area contributed by atoms with Crippen molar-refractivity contribution in [2.24, 2.45) is 5.73 Å². The summed E-state index contributed by atoms with van der Waals surface area (Å²) in [7, 11) is 1.36. The molecule has 4 N–H and O–H groups in total. The fourth-order valence-corrected chi connectivity index (χ4v) is 2.37. The van der Waals surface area contributed by atoms with Gasteiger partial charge < -0.3 is 21.1 Å². The molecule has 0 atom stereocenters. The van der Waals surface area contributed by atoms with Crippen molar-refractivity contribution >= 4 is 11.7 Å². The van der Waals surface area contributed by atoms with E-state index >= 15 is 0 Å². The molecule has 5 heteroatoms. The first-order chi connectivity index (χ1) is 10.2. The predicted octanol–water partition coefficient (Wildman–Crippen LogP) is 0.947. The van der Waals surface area contributed by atoms with Crippen molar-refractivity contribution < 1.29 is 9.53 Å². The second kappa shape index (κ2) is 7.67. The minimum Gasteiger partial charge on any atom is -0.465 e. The fourth-order valence-electron chi connectivity index (χ4n) is 2.37. The highest BCUT2D eigenvalue weighted by molar-refractivity contribution is 5.93. The molecule has 0 bridgehead atoms. The van der Waals surface area contributed by atoms with Gasteiger partial charge in [-0.1, -0.05) is 11.8 Å². The number of rotatable bonds is 3. The van der Waals surface area contributed by atoms with Gasteiger partial charge >= 0.3 is 5.97 Å². The molecule has 5 nitrogen and oxygen atoms in total. The molecule has 1 aromatic rings. The van der Waals surface area contributed by atoms with Gasteiger partial charge in [0, 0.05) is 17.3 Å². The van der Waals surface area contributed by atoms with Gasteiger partial charge in [0.05, 0.1) is 19.2 Å². The van der Waals surface area contributed by atoms with Crippen LogP contribution in [0.25, 0.3) is 0 Å². The van der Waals surface area contributed by atoms with Crippen molar-refractivity contribution in [3.63, 3.8) is 0 Å². The maximum Gasteiger partial charge on any atom is 0.339 e. The quantitative estimate of drug-likeness (QED) is 0.570. The predicted molar refractivity (Wildman–Crippen MR) is 83.2 cm³/mol. The van der Waals surface area contributed by atoms with Gasteiger partial charge in [-0.25, -0.2) is 4.79 Å². The zero-order valence-electron chi connectivity index (χ0n) is 12.2. The molecule has 0 aliphatic carbocycles. The van der Waals surface area contributed by atoms with Gasteiger partial charge in [-0.2, -0.15) is 0 Å². The topological polar surface area (TPSA) is 76.4 Å². The second-order valence-electron chi connectivity index (χ2n) is 4.93. The van der Waals surface area contributed by atoms with Gasteiger partial charge in [0.25, 0.3) is 0 Å². The number of carbonyl (C=O) groups is 1. The van der Waals surface area contributed by atoms with E-state index < -0.39 is 0 Å². The van der Waals surface area contributed by atoms with E-state index in [9.17, 15) is 4.79 Å². The normalized spacial score (nSPS) is 15.0. The van der Waals surface area contributed by atoms with Crippen molar-refractivity contribution in [1.82, 2.24) is 5.32 Å². The average molecular weight is 287 g/mol. The number of methoxy groups -OCH3 is 1. The number of nitrogens with two attached hydrogens (primary N) is 1. The third-order valence-electron chi connectivity index (χ3n) is 3.46. The lowest BCUT2D eigenvalue weighted by molar-refractivity contribution is 0.0600. The maximum atomic E-state index is 11.7. The Balaban J connectivity index is 2.21. The first-order valence-corrected chi connectivity index (χ1v) is 7.13. The molecule has 0 saturated carbocycles. The van der Waals surface area contributed by atoms with Crippen molar-refractivity contribution in [2.45, 2.75) is 18.9 Å². The van der Waals surface area contributed by atoms with Crippen LogP contribution in [0.15, 0.2) is 18.2 Å². The van der Waals surface area contributed by atoms with Gasteiger partial charge in [-0.3, -0.25) is 0 Å². The standard InChI is InChI=1S/C16H21N3O2/c1-21-16(20)15-5-4-14(11-12(15)3-2-8-17)19-13-6-9-18-10-7-13/h4-5,11,13,18-19H,6-10,17H2,1H3. The molecule has 1 aromatic carbocycles. The largest absolute Gasteiger partial charge is 0.465 e. The number of benzene rings is 1. The fraction of sp³-hybridized carbons (Fsp3) is 0.438. The van der Waals surface area contributed by atoms with E-state index in [1.165, 1.54) is 7.11 Å². The molecule has 2 rings (SSSR count). The maximum absolute atomic E-state index is 11.7. The van der Waals surface area contributed by atoms with Crippen LogP contribution in [0, 0.1) is 11.8 Å². The summed E-state index contributed by atoms with van der Waals surface area (Å²) in [4.78, 5) is 11.7. The molecule has 0 aromatic heterocycles. The van der Waals surface area contributed by atoms with E-state index in [0.29, 0.717) is 17.2 Å². The van der Waals surface area contributed by atoms with Crippen LogP contribution in [0.4, 0.5) is 5.69 Å². The highest BCUT2D eigenvalue weighted by Crippen LogP contribution is 2.19. The number of anilines is 1. The lowest BCUT2D eigenvalue weighted by Gasteiger charge is -2.24. The summed E-state index contributed by atoms with van der Waals surface area (Å²) in [6.45, 7) is 2.31. The molecule has 21 heavy (non-hydrogen) atoms. The van der Waals surface area contributed by atoms with E-state index in [2.05, 4.69) is 22.5 Å². The van der Waals surface area contributed by atoms with Crippen LogP contribution in [0.3, 0.4) is 0 Å². The van der Waals surface area contributed by atoms with Gasteiger partial charge in [0.15, 0.2) is 0 Å². The molecule has 0 spiro atoms. The monoisotopic (exact) mass is 287 g/mol. The van der Waals surface area contributed by atoms with E-state index in [1.54, 1.807) is 6.07 Å². The molecule has 0 radical (unpaired) electrons. The second-order valence-corrected chi connectivity index (χ2v) is 4.93. The Kier molecular flexibility index (Phi) is 5.61. The third-order valence-corrected chi connectivity index (χ3v) is 3.46. The van der Waals surface area contributed by atoms with Crippen molar-refractivity contribution in [3.8, 4) is 11.8 Å². The molecule has 112 valence electrons. The summed E-state index contributed by atoms with van der Waals surface area (Å²) in [5, 5.41) is 6.82. The van der Waals surface area contributed by atoms with Gasteiger partial charge in [-0.05, 0) is 44.1 Å². The summed E-state index contributed by atoms with van der Waals surface area (Å²) < 4.78 is 4.78. The number of esters is 1. The van der Waals surface area contributed by atoms with Crippen LogP contribution in [-0.4, -0.2) is 38.8 Å². The summed E-state index contributed by atoms with van der Waals surface area (Å²) in [6.07, 6.45) is 2.17. The lowest BCUT2D eigenvalue weighted by Crippen LogP contribution is -2.35. The van der Waals surface area contributed by atoms with Crippen LogP contribution in [0.1, 0.15) is 28.8 Å². The molecule has 1 aliphatic heterocycles. The smallest absolute Gasteiger partial charge is 0.339 e. The van der Waals surface area contributed by atoms with E-state index in [1.807, 2.05) is 12.1 Å². The third kappa shape index (κ3) is 4.22. The van der Waals surface area contributed by atoms with Crippen LogP contribution in [0.5, 0.6) is 0 Å². The van der Waals surface area contributed by atoms with Crippen LogP contribution in [-0.2, 0) is 4.74 Å². The van der Waals surface area contributed by atoms with E-state index in [4.69, 9.17) is 10.5 Å². The first-order valence-electron chi connectivity index (χ1n) is 7.13. The number of nitrogens with one attached hydrogen (secondary N) is 2. The number of carbonyl (C=O) groups excluding carboxylic acids is 1. The van der Waals surface area contributed by atoms with Gasteiger partial charge in [0.1, 0.15) is 0 Å². The summed E-state index contributed by atoms with van der Waals surface area (Å²) in [5.74, 6) is 5.34. The van der Waals surface area contributed by atoms with Crippen molar-refractivity contribution in [1.29, 1.82) is 0 Å². The summed E-state index contributed by atoms with van der Waals surface area (Å²) in [5.41, 5.74) is 7.49.